The van der Waals surface area contributed by atoms with E-state index in [0.29, 0.717) is 0 Å². The van der Waals surface area contributed by atoms with E-state index in [0.717, 1.165) is 0 Å². The molecule has 0 rings (SSSR count). The maximum Gasteiger partial charge on any atom is 0.192 e. The molecule has 0 aliphatic carbocycles. The summed E-state index contributed by atoms with van der Waals surface area (Å²) in [6.07, 6.45) is 52.3. The van der Waals surface area contributed by atoms with Crippen LogP contribution in [0.15, 0.2) is 0 Å². The van der Waals surface area contributed by atoms with Crippen LogP contribution >= 0.6 is 0 Å². The van der Waals surface area contributed by atoms with E-state index in [1.54, 1.807) is 0 Å². The molecule has 0 heterocycles. The highest BCUT2D eigenvalue weighted by Crippen LogP contribution is 2.31. The molecule has 1 nitrogen and oxygen atoms in total. The predicted octanol–water partition coefficient (Wildman–Crippen LogP) is 16.7. The van der Waals surface area contributed by atoms with Crippen molar-refractivity contribution in [1.82, 2.24) is 0 Å². The Balaban J connectivity index is 4.21. The van der Waals surface area contributed by atoms with Crippen molar-refractivity contribution in [3.63, 3.8) is 0 Å². The molecule has 0 aliphatic heterocycles. The van der Waals surface area contributed by atoms with Crippen molar-refractivity contribution in [3.8, 4) is 0 Å². The van der Waals surface area contributed by atoms with Crippen molar-refractivity contribution in [2.75, 3.05) is 7.11 Å². The van der Waals surface area contributed by atoms with Gasteiger partial charge in [-0.3, -0.25) is 0 Å². The van der Waals surface area contributed by atoms with Crippen LogP contribution in [-0.2, 0) is 4.43 Å². The molecule has 0 aromatic carbocycles. The van der Waals surface area contributed by atoms with Gasteiger partial charge in [0.25, 0.3) is 0 Å². The Labute approximate surface area is 289 Å². The van der Waals surface area contributed by atoms with E-state index in [1.165, 1.54) is 249 Å². The molecule has 0 N–H and O–H groups in total. The third kappa shape index (κ3) is 33.9. The van der Waals surface area contributed by atoms with Crippen LogP contribution in [0.3, 0.4) is 0 Å². The van der Waals surface area contributed by atoms with Crippen molar-refractivity contribution in [2.45, 2.75) is 270 Å². The van der Waals surface area contributed by atoms with Crippen LogP contribution < -0.4 is 0 Å². The lowest BCUT2D eigenvalue weighted by Gasteiger charge is -2.30. The minimum atomic E-state index is -1.56. The average Bonchev–Trinajstić information content (AvgIpc) is 3.05. The van der Waals surface area contributed by atoms with Gasteiger partial charge in [0.15, 0.2) is 8.32 Å². The van der Waals surface area contributed by atoms with Crippen molar-refractivity contribution in [2.24, 2.45) is 0 Å². The lowest BCUT2D eigenvalue weighted by Crippen LogP contribution is -2.36. The molecule has 0 unspecified atom stereocenters. The summed E-state index contributed by atoms with van der Waals surface area (Å²) in [6, 6.07) is 4.32. The molecule has 0 aromatic heterocycles. The lowest BCUT2D eigenvalue weighted by molar-refractivity contribution is 0.380. The summed E-state index contributed by atoms with van der Waals surface area (Å²) in [5, 5.41) is 0. The third-order valence-electron chi connectivity index (χ3n) is 10.9. The van der Waals surface area contributed by atoms with Gasteiger partial charge in [0.2, 0.25) is 0 Å². The first-order valence-electron chi connectivity index (χ1n) is 21.8. The Kier molecular flexibility index (Phi) is 38.8. The van der Waals surface area contributed by atoms with Crippen LogP contribution in [0.1, 0.15) is 252 Å². The molecule has 0 saturated heterocycles. The van der Waals surface area contributed by atoms with Gasteiger partial charge in [0, 0.05) is 7.11 Å². The number of hydrogen-bond donors (Lipinski definition) is 0. The van der Waals surface area contributed by atoms with Crippen molar-refractivity contribution >= 4 is 8.32 Å². The summed E-state index contributed by atoms with van der Waals surface area (Å²) < 4.78 is 6.58. The van der Waals surface area contributed by atoms with Gasteiger partial charge in [-0.15, -0.1) is 0 Å². The van der Waals surface area contributed by atoms with E-state index >= 15 is 0 Å². The van der Waals surface area contributed by atoms with Gasteiger partial charge in [-0.2, -0.15) is 0 Å². The van der Waals surface area contributed by atoms with E-state index in [4.69, 9.17) is 4.43 Å². The van der Waals surface area contributed by atoms with Gasteiger partial charge in [0.1, 0.15) is 0 Å². The van der Waals surface area contributed by atoms with Crippen LogP contribution in [0.2, 0.25) is 18.1 Å². The van der Waals surface area contributed by atoms with Crippen molar-refractivity contribution in [1.29, 1.82) is 0 Å². The molecular formula is C43H90OSi. The van der Waals surface area contributed by atoms with Crippen LogP contribution in [0.25, 0.3) is 0 Å². The highest BCUT2D eigenvalue weighted by Gasteiger charge is 2.32. The first kappa shape index (κ1) is 45.2. The Morgan fingerprint density at radius 2 is 0.400 bits per heavy atom. The summed E-state index contributed by atoms with van der Waals surface area (Å²) in [4.78, 5) is 0. The summed E-state index contributed by atoms with van der Waals surface area (Å²) >= 11 is 0. The first-order valence-corrected chi connectivity index (χ1v) is 24.3. The minimum absolute atomic E-state index is 1.37. The molecule has 2 heteroatoms. The second kappa shape index (κ2) is 38.6. The Morgan fingerprint density at radius 1 is 0.244 bits per heavy atom. The molecule has 0 radical (unpaired) electrons. The largest absolute Gasteiger partial charge is 0.420 e. The van der Waals surface area contributed by atoms with Crippen molar-refractivity contribution in [3.05, 3.63) is 0 Å². The van der Waals surface area contributed by atoms with E-state index < -0.39 is 8.32 Å². The molecule has 0 aliphatic rings. The topological polar surface area (TPSA) is 9.23 Å². The average molecular weight is 651 g/mol. The molecule has 0 bridgehead atoms. The summed E-state index contributed by atoms with van der Waals surface area (Å²) in [5.74, 6) is 0. The quantitative estimate of drug-likeness (QED) is 0.0473. The van der Waals surface area contributed by atoms with Gasteiger partial charge in [-0.1, -0.05) is 252 Å². The standard InChI is InChI=1S/C43H90OSi/c1-5-8-11-14-17-20-23-26-29-32-35-38-41-45(44-4,42-39-36-33-30-27-24-21-18-15-12-9-6-2)43-40-37-34-31-28-25-22-19-16-13-10-7-3/h5-43H2,1-4H3. The fourth-order valence-electron chi connectivity index (χ4n) is 7.55. The van der Waals surface area contributed by atoms with Crippen LogP contribution in [0.5, 0.6) is 0 Å². The molecule has 0 spiro atoms. The van der Waals surface area contributed by atoms with Gasteiger partial charge >= 0.3 is 0 Å². The van der Waals surface area contributed by atoms with E-state index in [-0.39, 0.29) is 0 Å². The normalized spacial score (nSPS) is 12.0. The zero-order valence-corrected chi connectivity index (χ0v) is 33.5. The zero-order chi connectivity index (χ0) is 32.8. The summed E-state index contributed by atoms with van der Waals surface area (Å²) in [6.45, 7) is 6.95. The van der Waals surface area contributed by atoms with Gasteiger partial charge < -0.3 is 4.43 Å². The fraction of sp³-hybridized carbons (Fsp3) is 1.00. The van der Waals surface area contributed by atoms with Gasteiger partial charge in [-0.05, 0) is 18.1 Å². The third-order valence-corrected chi connectivity index (χ3v) is 15.6. The zero-order valence-electron chi connectivity index (χ0n) is 32.5. The highest BCUT2D eigenvalue weighted by molar-refractivity contribution is 6.73. The van der Waals surface area contributed by atoms with E-state index in [1.807, 2.05) is 0 Å². The van der Waals surface area contributed by atoms with Crippen molar-refractivity contribution < 1.29 is 4.43 Å². The monoisotopic (exact) mass is 651 g/mol. The van der Waals surface area contributed by atoms with Gasteiger partial charge in [-0.25, -0.2) is 0 Å². The number of unbranched alkanes of at least 4 members (excludes halogenated alkanes) is 33. The Bertz CT molecular complexity index is 451. The maximum absolute atomic E-state index is 6.58. The van der Waals surface area contributed by atoms with Crippen LogP contribution in [0, 0.1) is 0 Å². The lowest BCUT2D eigenvalue weighted by atomic mass is 10.1. The van der Waals surface area contributed by atoms with Crippen LogP contribution in [0.4, 0.5) is 0 Å². The molecule has 0 amide bonds. The molecule has 0 aromatic rings. The predicted molar refractivity (Wildman–Crippen MR) is 210 cm³/mol. The van der Waals surface area contributed by atoms with Crippen LogP contribution in [-0.4, -0.2) is 15.4 Å². The number of rotatable bonds is 40. The molecule has 45 heavy (non-hydrogen) atoms. The fourth-order valence-corrected chi connectivity index (χ4v) is 11.6. The first-order chi connectivity index (χ1) is 22.2. The molecule has 0 fully saturated rings. The highest BCUT2D eigenvalue weighted by atomic mass is 28.4. The molecule has 0 atom stereocenters. The second-order valence-electron chi connectivity index (χ2n) is 15.3. The SMILES string of the molecule is CCCCCCCCCCCCCC[Si](CCCCCCCCCCCCCC)(CCCCCCCCCCCCCC)OC. The summed E-state index contributed by atoms with van der Waals surface area (Å²) in [5.41, 5.74) is 0. The molecule has 272 valence electrons. The minimum Gasteiger partial charge on any atom is -0.420 e. The Hall–Kier alpha value is 0.177. The summed E-state index contributed by atoms with van der Waals surface area (Å²) in [7, 11) is 0.544. The van der Waals surface area contributed by atoms with E-state index in [2.05, 4.69) is 27.9 Å². The maximum atomic E-state index is 6.58. The Morgan fingerprint density at radius 3 is 0.556 bits per heavy atom. The second-order valence-corrected chi connectivity index (χ2v) is 19.6. The number of hydrogen-bond acceptors (Lipinski definition) is 1. The smallest absolute Gasteiger partial charge is 0.192 e. The molecule has 0 saturated carbocycles. The molecular weight excluding hydrogens is 561 g/mol. The van der Waals surface area contributed by atoms with Gasteiger partial charge in [0.05, 0.1) is 0 Å². The van der Waals surface area contributed by atoms with E-state index in [9.17, 15) is 0 Å².